The van der Waals surface area contributed by atoms with Crippen LogP contribution in [0, 0.1) is 0 Å². The van der Waals surface area contributed by atoms with Gasteiger partial charge in [0.25, 0.3) is 5.91 Å². The third-order valence-electron chi connectivity index (χ3n) is 2.83. The monoisotopic (exact) mass is 362 g/mol. The van der Waals surface area contributed by atoms with Gasteiger partial charge in [-0.25, -0.2) is 0 Å². The minimum absolute atomic E-state index is 0.181. The molecule has 22 heavy (non-hydrogen) atoms. The molecule has 0 aliphatic heterocycles. The zero-order valence-electron chi connectivity index (χ0n) is 11.7. The van der Waals surface area contributed by atoms with Crippen molar-refractivity contribution in [2.75, 3.05) is 6.54 Å². The summed E-state index contributed by atoms with van der Waals surface area (Å²) in [5.41, 5.74) is 6.45. The maximum absolute atomic E-state index is 11.7. The van der Waals surface area contributed by atoms with Crippen molar-refractivity contribution >= 4 is 27.7 Å². The molecule has 0 saturated heterocycles. The molecule has 0 fully saturated rings. The van der Waals surface area contributed by atoms with E-state index < -0.39 is 5.91 Å². The Morgan fingerprint density at radius 3 is 2.50 bits per heavy atom. The molecule has 0 aliphatic carbocycles. The molecule has 2 aromatic carbocycles. The van der Waals surface area contributed by atoms with Crippen LogP contribution in [0.1, 0.15) is 15.9 Å². The molecule has 0 unspecified atom stereocenters. The molecular formula is C16H15BrN2O3. The molecule has 5 nitrogen and oxygen atoms in total. The molecule has 0 bridgehead atoms. The number of amides is 2. The Hall–Kier alpha value is -2.34. The van der Waals surface area contributed by atoms with Crippen molar-refractivity contribution in [3.63, 3.8) is 0 Å². The number of carbonyl (C=O) groups excluding carboxylic acids is 2. The van der Waals surface area contributed by atoms with Gasteiger partial charge in [0.2, 0.25) is 5.91 Å². The molecule has 0 saturated carbocycles. The number of nitrogens with two attached hydrogens (primary N) is 1. The van der Waals surface area contributed by atoms with Crippen molar-refractivity contribution in [2.24, 2.45) is 5.73 Å². The molecule has 114 valence electrons. The lowest BCUT2D eigenvalue weighted by molar-refractivity contribution is -0.117. The van der Waals surface area contributed by atoms with Crippen molar-refractivity contribution < 1.29 is 14.3 Å². The molecule has 0 aliphatic rings. The fraction of sp³-hybridized carbons (Fsp3) is 0.125. The molecule has 0 aromatic heterocycles. The van der Waals surface area contributed by atoms with Crippen LogP contribution in [-0.2, 0) is 11.4 Å². The minimum atomic E-state index is -0.581. The number of hydrogen-bond donors (Lipinski definition) is 2. The maximum Gasteiger partial charge on any atom is 0.251 e. The third-order valence-corrected chi connectivity index (χ3v) is 3.33. The van der Waals surface area contributed by atoms with Crippen molar-refractivity contribution in [3.05, 3.63) is 64.1 Å². The standard InChI is InChI=1S/C16H15BrN2O3/c17-13-3-1-2-11(8-13)10-22-14-6-4-12(5-7-14)16(21)19-9-15(18)20/h1-8H,9-10H2,(H2,18,20)(H,19,21). The van der Waals surface area contributed by atoms with Gasteiger partial charge in [0.05, 0.1) is 6.54 Å². The SMILES string of the molecule is NC(=O)CNC(=O)c1ccc(OCc2cccc(Br)c2)cc1. The van der Waals surface area contributed by atoms with Crippen LogP contribution < -0.4 is 15.8 Å². The van der Waals surface area contributed by atoms with Crippen molar-refractivity contribution in [1.82, 2.24) is 5.32 Å². The molecular weight excluding hydrogens is 348 g/mol. The quantitative estimate of drug-likeness (QED) is 0.826. The molecule has 2 aromatic rings. The van der Waals surface area contributed by atoms with Crippen LogP contribution in [0.25, 0.3) is 0 Å². The van der Waals surface area contributed by atoms with Crippen molar-refractivity contribution in [1.29, 1.82) is 0 Å². The van der Waals surface area contributed by atoms with E-state index >= 15 is 0 Å². The average molecular weight is 363 g/mol. The van der Waals surface area contributed by atoms with Gasteiger partial charge in [-0.1, -0.05) is 28.1 Å². The Bertz CT molecular complexity index is 671. The first-order valence-electron chi connectivity index (χ1n) is 6.58. The highest BCUT2D eigenvalue weighted by atomic mass is 79.9. The third kappa shape index (κ3) is 4.89. The second-order valence-corrected chi connectivity index (χ2v) is 5.51. The molecule has 2 rings (SSSR count). The average Bonchev–Trinajstić information content (AvgIpc) is 2.51. The number of hydrogen-bond acceptors (Lipinski definition) is 3. The molecule has 2 amide bonds. The first kappa shape index (κ1) is 16.0. The minimum Gasteiger partial charge on any atom is -0.489 e. The fourth-order valence-electron chi connectivity index (χ4n) is 1.77. The van der Waals surface area contributed by atoms with Crippen LogP contribution in [0.5, 0.6) is 5.75 Å². The number of halogens is 1. The molecule has 0 heterocycles. The topological polar surface area (TPSA) is 81.4 Å². The summed E-state index contributed by atoms with van der Waals surface area (Å²) in [6, 6.07) is 14.5. The molecule has 3 N–H and O–H groups in total. The van der Waals surface area contributed by atoms with E-state index in [-0.39, 0.29) is 12.5 Å². The Labute approximate surface area is 136 Å². The maximum atomic E-state index is 11.7. The van der Waals surface area contributed by atoms with Crippen LogP contribution >= 0.6 is 15.9 Å². The molecule has 0 atom stereocenters. The highest BCUT2D eigenvalue weighted by Crippen LogP contribution is 2.16. The van der Waals surface area contributed by atoms with E-state index in [1.54, 1.807) is 24.3 Å². The first-order chi connectivity index (χ1) is 10.5. The van der Waals surface area contributed by atoms with E-state index in [0.717, 1.165) is 10.0 Å². The summed E-state index contributed by atoms with van der Waals surface area (Å²) in [4.78, 5) is 22.3. The van der Waals surface area contributed by atoms with Gasteiger partial charge in [0.1, 0.15) is 12.4 Å². The highest BCUT2D eigenvalue weighted by Gasteiger charge is 2.06. The van der Waals surface area contributed by atoms with Crippen LogP contribution in [0.3, 0.4) is 0 Å². The summed E-state index contributed by atoms with van der Waals surface area (Å²) in [6.45, 7) is 0.257. The Kier molecular flexibility index (Phi) is 5.55. The molecule has 0 radical (unpaired) electrons. The summed E-state index contributed by atoms with van der Waals surface area (Å²) in [6.07, 6.45) is 0. The Morgan fingerprint density at radius 1 is 1.14 bits per heavy atom. The normalized spacial score (nSPS) is 10.0. The van der Waals surface area contributed by atoms with E-state index in [2.05, 4.69) is 21.2 Å². The lowest BCUT2D eigenvalue weighted by Crippen LogP contribution is -2.33. The zero-order valence-corrected chi connectivity index (χ0v) is 13.3. The molecule has 6 heteroatoms. The van der Waals surface area contributed by atoms with E-state index in [4.69, 9.17) is 10.5 Å². The smallest absolute Gasteiger partial charge is 0.251 e. The highest BCUT2D eigenvalue weighted by molar-refractivity contribution is 9.10. The fourth-order valence-corrected chi connectivity index (χ4v) is 2.21. The number of rotatable bonds is 6. The summed E-state index contributed by atoms with van der Waals surface area (Å²) >= 11 is 3.41. The van der Waals surface area contributed by atoms with Gasteiger partial charge < -0.3 is 15.8 Å². The summed E-state index contributed by atoms with van der Waals surface area (Å²) < 4.78 is 6.65. The summed E-state index contributed by atoms with van der Waals surface area (Å²) in [5.74, 6) is -0.272. The number of nitrogens with one attached hydrogen (secondary N) is 1. The van der Waals surface area contributed by atoms with Crippen molar-refractivity contribution in [3.8, 4) is 5.75 Å². The Morgan fingerprint density at radius 2 is 1.86 bits per heavy atom. The molecule has 0 spiro atoms. The van der Waals surface area contributed by atoms with Gasteiger partial charge in [-0.15, -0.1) is 0 Å². The van der Waals surface area contributed by atoms with Crippen LogP contribution in [-0.4, -0.2) is 18.4 Å². The first-order valence-corrected chi connectivity index (χ1v) is 7.38. The summed E-state index contributed by atoms with van der Waals surface area (Å²) in [7, 11) is 0. The second kappa shape index (κ2) is 7.61. The zero-order chi connectivity index (χ0) is 15.9. The van der Waals surface area contributed by atoms with Crippen molar-refractivity contribution in [2.45, 2.75) is 6.61 Å². The van der Waals surface area contributed by atoms with Crippen LogP contribution in [0.2, 0.25) is 0 Å². The van der Waals surface area contributed by atoms with E-state index in [9.17, 15) is 9.59 Å². The van der Waals surface area contributed by atoms with E-state index in [1.165, 1.54) is 0 Å². The van der Waals surface area contributed by atoms with E-state index in [0.29, 0.717) is 17.9 Å². The van der Waals surface area contributed by atoms with Crippen LogP contribution in [0.4, 0.5) is 0 Å². The van der Waals surface area contributed by atoms with Gasteiger partial charge in [-0.05, 0) is 42.0 Å². The predicted octanol–water partition coefficient (Wildman–Crippen LogP) is 2.24. The Balaban J connectivity index is 1.91. The number of ether oxygens (including phenoxy) is 1. The van der Waals surface area contributed by atoms with E-state index in [1.807, 2.05) is 24.3 Å². The van der Waals surface area contributed by atoms with Gasteiger partial charge in [0.15, 0.2) is 0 Å². The number of carbonyl (C=O) groups is 2. The lowest BCUT2D eigenvalue weighted by Gasteiger charge is -2.08. The predicted molar refractivity (Wildman–Crippen MR) is 86.4 cm³/mol. The largest absolute Gasteiger partial charge is 0.489 e. The van der Waals surface area contributed by atoms with Gasteiger partial charge in [0, 0.05) is 10.0 Å². The lowest BCUT2D eigenvalue weighted by atomic mass is 10.2. The van der Waals surface area contributed by atoms with Gasteiger partial charge in [-0.3, -0.25) is 9.59 Å². The van der Waals surface area contributed by atoms with Gasteiger partial charge >= 0.3 is 0 Å². The summed E-state index contributed by atoms with van der Waals surface area (Å²) in [5, 5.41) is 2.42. The second-order valence-electron chi connectivity index (χ2n) is 4.59. The van der Waals surface area contributed by atoms with Gasteiger partial charge in [-0.2, -0.15) is 0 Å². The number of benzene rings is 2. The number of primary amides is 1. The van der Waals surface area contributed by atoms with Crippen LogP contribution in [0.15, 0.2) is 53.0 Å².